The van der Waals surface area contributed by atoms with Crippen molar-refractivity contribution < 1.29 is 0 Å². The van der Waals surface area contributed by atoms with Crippen LogP contribution in [0.15, 0.2) is 29.2 Å². The molecule has 2 rings (SSSR count). The minimum atomic E-state index is 0.0876. The standard InChI is InChI=1S/C15H24N2O/c1-12-6-7-14(13(2)11-12)16-8-10-17-9-4-3-5-15(17)18/h3-5,9,12-14,16H,6-8,10-11H2,1-2H3. The lowest BCUT2D eigenvalue weighted by Crippen LogP contribution is -2.41. The maximum absolute atomic E-state index is 11.5. The molecule has 0 amide bonds. The molecule has 1 aromatic heterocycles. The van der Waals surface area contributed by atoms with Gasteiger partial charge in [0.1, 0.15) is 0 Å². The van der Waals surface area contributed by atoms with Gasteiger partial charge in [0.25, 0.3) is 5.56 Å². The summed E-state index contributed by atoms with van der Waals surface area (Å²) < 4.78 is 1.77. The molecular formula is C15H24N2O. The van der Waals surface area contributed by atoms with Gasteiger partial charge in [0, 0.05) is 31.4 Å². The summed E-state index contributed by atoms with van der Waals surface area (Å²) in [6.45, 7) is 6.32. The molecule has 1 heterocycles. The quantitative estimate of drug-likeness (QED) is 0.887. The van der Waals surface area contributed by atoms with Crippen LogP contribution in [-0.4, -0.2) is 17.2 Å². The number of pyridine rings is 1. The molecule has 0 bridgehead atoms. The Balaban J connectivity index is 1.79. The average Bonchev–Trinajstić information content (AvgIpc) is 2.34. The van der Waals surface area contributed by atoms with Crippen molar-refractivity contribution in [2.24, 2.45) is 11.8 Å². The van der Waals surface area contributed by atoms with Crippen LogP contribution in [0.3, 0.4) is 0 Å². The third kappa shape index (κ3) is 3.45. The second kappa shape index (κ2) is 6.19. The van der Waals surface area contributed by atoms with Crippen molar-refractivity contribution in [2.75, 3.05) is 6.54 Å². The van der Waals surface area contributed by atoms with Crippen molar-refractivity contribution in [1.82, 2.24) is 9.88 Å². The molecule has 1 aromatic rings. The Hall–Kier alpha value is -1.09. The Morgan fingerprint density at radius 1 is 1.33 bits per heavy atom. The van der Waals surface area contributed by atoms with E-state index in [2.05, 4.69) is 19.2 Å². The molecule has 1 fully saturated rings. The van der Waals surface area contributed by atoms with Gasteiger partial charge in [-0.3, -0.25) is 4.79 Å². The van der Waals surface area contributed by atoms with Crippen molar-refractivity contribution in [2.45, 2.75) is 45.7 Å². The van der Waals surface area contributed by atoms with E-state index in [-0.39, 0.29) is 5.56 Å². The van der Waals surface area contributed by atoms with Crippen LogP contribution in [0.1, 0.15) is 33.1 Å². The van der Waals surface area contributed by atoms with Gasteiger partial charge in [-0.15, -0.1) is 0 Å². The Morgan fingerprint density at radius 3 is 2.89 bits per heavy atom. The van der Waals surface area contributed by atoms with Crippen molar-refractivity contribution in [1.29, 1.82) is 0 Å². The van der Waals surface area contributed by atoms with Crippen LogP contribution < -0.4 is 10.9 Å². The predicted molar refractivity (Wildman–Crippen MR) is 74.7 cm³/mol. The van der Waals surface area contributed by atoms with E-state index in [0.29, 0.717) is 6.04 Å². The number of aromatic nitrogens is 1. The summed E-state index contributed by atoms with van der Waals surface area (Å²) in [6.07, 6.45) is 5.78. The van der Waals surface area contributed by atoms with E-state index in [1.165, 1.54) is 19.3 Å². The van der Waals surface area contributed by atoms with Gasteiger partial charge in [-0.25, -0.2) is 0 Å². The second-order valence-corrected chi connectivity index (χ2v) is 5.69. The molecule has 3 unspecified atom stereocenters. The third-order valence-electron chi connectivity index (χ3n) is 4.09. The normalized spacial score (nSPS) is 28.2. The SMILES string of the molecule is CC1CCC(NCCn2ccccc2=O)C(C)C1. The summed E-state index contributed by atoms with van der Waals surface area (Å²) >= 11 is 0. The second-order valence-electron chi connectivity index (χ2n) is 5.69. The average molecular weight is 248 g/mol. The van der Waals surface area contributed by atoms with Gasteiger partial charge in [-0.1, -0.05) is 19.9 Å². The molecule has 18 heavy (non-hydrogen) atoms. The van der Waals surface area contributed by atoms with E-state index in [9.17, 15) is 4.79 Å². The molecule has 3 nitrogen and oxygen atoms in total. The lowest BCUT2D eigenvalue weighted by Gasteiger charge is -2.33. The Bertz CT molecular complexity index is 427. The molecule has 0 radical (unpaired) electrons. The predicted octanol–water partition coefficient (Wildman–Crippen LogP) is 2.26. The molecule has 0 aromatic carbocycles. The van der Waals surface area contributed by atoms with Crippen LogP contribution in [0.2, 0.25) is 0 Å². The van der Waals surface area contributed by atoms with Gasteiger partial charge in [0.2, 0.25) is 0 Å². The first-order valence-electron chi connectivity index (χ1n) is 7.05. The maximum atomic E-state index is 11.5. The van der Waals surface area contributed by atoms with Gasteiger partial charge in [0.05, 0.1) is 0 Å². The first kappa shape index (κ1) is 13.3. The molecule has 100 valence electrons. The van der Waals surface area contributed by atoms with Gasteiger partial charge in [0.15, 0.2) is 0 Å². The van der Waals surface area contributed by atoms with Gasteiger partial charge >= 0.3 is 0 Å². The zero-order valence-electron chi connectivity index (χ0n) is 11.4. The topological polar surface area (TPSA) is 34.0 Å². The summed E-state index contributed by atoms with van der Waals surface area (Å²) in [5.41, 5.74) is 0.0876. The molecule has 3 heteroatoms. The summed E-state index contributed by atoms with van der Waals surface area (Å²) in [6, 6.07) is 5.94. The van der Waals surface area contributed by atoms with Gasteiger partial charge < -0.3 is 9.88 Å². The van der Waals surface area contributed by atoms with E-state index < -0.39 is 0 Å². The van der Waals surface area contributed by atoms with Gasteiger partial charge in [-0.05, 0) is 37.2 Å². The number of hydrogen-bond donors (Lipinski definition) is 1. The van der Waals surface area contributed by atoms with Crippen LogP contribution in [0.4, 0.5) is 0 Å². The van der Waals surface area contributed by atoms with E-state index in [4.69, 9.17) is 0 Å². The Labute approximate surface area is 109 Å². The number of nitrogens with zero attached hydrogens (tertiary/aromatic N) is 1. The highest BCUT2D eigenvalue weighted by Crippen LogP contribution is 2.28. The minimum Gasteiger partial charge on any atom is -0.314 e. The summed E-state index contributed by atoms with van der Waals surface area (Å²) in [5, 5.41) is 3.61. The third-order valence-corrected chi connectivity index (χ3v) is 4.09. The zero-order chi connectivity index (χ0) is 13.0. The van der Waals surface area contributed by atoms with Crippen molar-refractivity contribution in [3.8, 4) is 0 Å². The zero-order valence-corrected chi connectivity index (χ0v) is 11.4. The maximum Gasteiger partial charge on any atom is 0.250 e. The fourth-order valence-electron chi connectivity index (χ4n) is 2.98. The lowest BCUT2D eigenvalue weighted by atomic mass is 9.80. The molecule has 0 saturated heterocycles. The largest absolute Gasteiger partial charge is 0.314 e. The minimum absolute atomic E-state index is 0.0876. The van der Waals surface area contributed by atoms with E-state index in [1.807, 2.05) is 12.3 Å². The Kier molecular flexibility index (Phi) is 4.59. The first-order valence-corrected chi connectivity index (χ1v) is 7.05. The monoisotopic (exact) mass is 248 g/mol. The fraction of sp³-hybridized carbons (Fsp3) is 0.667. The molecule has 1 aliphatic carbocycles. The number of rotatable bonds is 4. The van der Waals surface area contributed by atoms with Crippen molar-refractivity contribution in [3.63, 3.8) is 0 Å². The molecule has 1 N–H and O–H groups in total. The summed E-state index contributed by atoms with van der Waals surface area (Å²) in [5.74, 6) is 1.62. The van der Waals surface area contributed by atoms with Gasteiger partial charge in [-0.2, -0.15) is 0 Å². The summed E-state index contributed by atoms with van der Waals surface area (Å²) in [7, 11) is 0. The van der Waals surface area contributed by atoms with E-state index >= 15 is 0 Å². The first-order chi connectivity index (χ1) is 8.66. The lowest BCUT2D eigenvalue weighted by molar-refractivity contribution is 0.227. The molecule has 1 saturated carbocycles. The summed E-state index contributed by atoms with van der Waals surface area (Å²) in [4.78, 5) is 11.5. The molecule has 0 aliphatic heterocycles. The van der Waals surface area contributed by atoms with Crippen molar-refractivity contribution in [3.05, 3.63) is 34.7 Å². The highest BCUT2D eigenvalue weighted by atomic mass is 16.1. The fourth-order valence-corrected chi connectivity index (χ4v) is 2.98. The van der Waals surface area contributed by atoms with E-state index in [1.54, 1.807) is 16.7 Å². The number of hydrogen-bond acceptors (Lipinski definition) is 2. The van der Waals surface area contributed by atoms with Crippen LogP contribution >= 0.6 is 0 Å². The smallest absolute Gasteiger partial charge is 0.250 e. The molecule has 1 aliphatic rings. The highest BCUT2D eigenvalue weighted by molar-refractivity contribution is 4.93. The van der Waals surface area contributed by atoms with Crippen LogP contribution in [0, 0.1) is 11.8 Å². The van der Waals surface area contributed by atoms with E-state index in [0.717, 1.165) is 24.9 Å². The highest BCUT2D eigenvalue weighted by Gasteiger charge is 2.24. The molecular weight excluding hydrogens is 224 g/mol. The van der Waals surface area contributed by atoms with Crippen LogP contribution in [0.5, 0.6) is 0 Å². The van der Waals surface area contributed by atoms with Crippen LogP contribution in [0.25, 0.3) is 0 Å². The molecule has 0 spiro atoms. The van der Waals surface area contributed by atoms with Crippen LogP contribution in [-0.2, 0) is 6.54 Å². The van der Waals surface area contributed by atoms with Crippen molar-refractivity contribution >= 4 is 0 Å². The Morgan fingerprint density at radius 2 is 2.17 bits per heavy atom. The molecule has 3 atom stereocenters. The number of nitrogens with one attached hydrogen (secondary N) is 1.